The van der Waals surface area contributed by atoms with Crippen LogP contribution in [0.5, 0.6) is 0 Å². The number of hydrogen-bond acceptors (Lipinski definition) is 2. The molecule has 0 bridgehead atoms. The molecule has 0 aromatic heterocycles. The van der Waals surface area contributed by atoms with Gasteiger partial charge in [-0.15, -0.1) is 0 Å². The van der Waals surface area contributed by atoms with Gasteiger partial charge in [-0.1, -0.05) is 29.7 Å². The fourth-order valence-corrected chi connectivity index (χ4v) is 1.44. The van der Waals surface area contributed by atoms with Crippen molar-refractivity contribution in [3.05, 3.63) is 54.1 Å². The first-order valence-electron chi connectivity index (χ1n) is 4.91. The highest BCUT2D eigenvalue weighted by Gasteiger charge is 2.01. The number of anilines is 2. The molecule has 0 spiro atoms. The van der Waals surface area contributed by atoms with Crippen LogP contribution in [0.15, 0.2) is 48.5 Å². The predicted octanol–water partition coefficient (Wildman–Crippen LogP) is 2.10. The van der Waals surface area contributed by atoms with Crippen LogP contribution in [0, 0.1) is 11.3 Å². The maximum atomic E-state index is 8.96. The molecule has 0 atom stereocenters. The minimum absolute atomic E-state index is 0.582. The zero-order chi connectivity index (χ0) is 11.4. The van der Waals surface area contributed by atoms with Gasteiger partial charge in [-0.2, -0.15) is 5.26 Å². The highest BCUT2D eigenvalue weighted by Crippen LogP contribution is 2.18. The van der Waals surface area contributed by atoms with Crippen LogP contribution in [0.3, 0.4) is 0 Å². The van der Waals surface area contributed by atoms with Crippen LogP contribution in [-0.2, 0) is 0 Å². The van der Waals surface area contributed by atoms with Crippen LogP contribution >= 0.6 is 0 Å². The minimum atomic E-state index is 0.582. The molecule has 0 saturated carbocycles. The first-order chi connectivity index (χ1) is 7.79. The van der Waals surface area contributed by atoms with E-state index in [9.17, 15) is 0 Å². The van der Waals surface area contributed by atoms with E-state index in [2.05, 4.69) is 11.4 Å². The fraction of sp³-hybridized carbons (Fsp3) is 0. The third kappa shape index (κ3) is 2.24. The lowest BCUT2D eigenvalue weighted by Crippen LogP contribution is -2.04. The molecule has 74 valence electrons. The van der Waals surface area contributed by atoms with Gasteiger partial charge >= 0.3 is 0 Å². The Balaban J connectivity index is 2.35. The topological polar surface area (TPSA) is 35.8 Å². The summed E-state index contributed by atoms with van der Waals surface area (Å²) in [4.78, 5) is 0. The van der Waals surface area contributed by atoms with Gasteiger partial charge in [-0.25, -0.2) is 0 Å². The van der Waals surface area contributed by atoms with Crippen molar-refractivity contribution in [3.63, 3.8) is 0 Å². The van der Waals surface area contributed by atoms with Gasteiger partial charge in [-0.3, -0.25) is 0 Å². The van der Waals surface area contributed by atoms with E-state index in [1.165, 1.54) is 0 Å². The highest BCUT2D eigenvalue weighted by molar-refractivity contribution is 6.32. The molecule has 3 heteroatoms. The minimum Gasteiger partial charge on any atom is -0.354 e. The second-order valence-electron chi connectivity index (χ2n) is 3.41. The molecular weight excluding hydrogens is 195 g/mol. The summed E-state index contributed by atoms with van der Waals surface area (Å²) in [6.45, 7) is 0. The third-order valence-electron chi connectivity index (χ3n) is 2.22. The molecule has 0 saturated heterocycles. The lowest BCUT2D eigenvalue weighted by Gasteiger charge is -2.08. The number of nitrogens with one attached hydrogen (secondary N) is 1. The van der Waals surface area contributed by atoms with E-state index < -0.39 is 0 Å². The Bertz CT molecular complexity index is 529. The number of benzene rings is 2. The maximum absolute atomic E-state index is 8.96. The number of hydrogen-bond donors (Lipinski definition) is 1. The van der Waals surface area contributed by atoms with Crippen molar-refractivity contribution >= 4 is 24.7 Å². The summed E-state index contributed by atoms with van der Waals surface area (Å²) in [6.07, 6.45) is 0. The lowest BCUT2D eigenvalue weighted by atomic mass is 9.94. The van der Waals surface area contributed by atoms with Crippen molar-refractivity contribution in [2.45, 2.75) is 0 Å². The molecule has 1 N–H and O–H groups in total. The monoisotopic (exact) mass is 204 g/mol. The van der Waals surface area contributed by atoms with Crippen molar-refractivity contribution in [2.24, 2.45) is 0 Å². The van der Waals surface area contributed by atoms with Crippen molar-refractivity contribution in [3.8, 4) is 6.07 Å². The van der Waals surface area contributed by atoms with Crippen LogP contribution in [0.1, 0.15) is 5.56 Å². The molecule has 2 radical (unpaired) electrons. The van der Waals surface area contributed by atoms with Gasteiger partial charge in [-0.05, 0) is 24.3 Å². The molecule has 0 unspecified atom stereocenters. The Morgan fingerprint density at radius 3 is 2.50 bits per heavy atom. The zero-order valence-corrected chi connectivity index (χ0v) is 8.64. The van der Waals surface area contributed by atoms with Crippen LogP contribution in [0.4, 0.5) is 11.4 Å². The van der Waals surface area contributed by atoms with Gasteiger partial charge in [0.15, 0.2) is 0 Å². The largest absolute Gasteiger partial charge is 0.354 e. The first-order valence-corrected chi connectivity index (χ1v) is 4.91. The number of rotatable bonds is 2. The number of nitriles is 1. The van der Waals surface area contributed by atoms with Gasteiger partial charge in [0, 0.05) is 5.69 Å². The summed E-state index contributed by atoms with van der Waals surface area (Å²) in [5, 5.41) is 12.1. The standard InChI is InChI=1S/C13H9BN2/c14-11-7-6-10(9-15)13(8-11)16-12-4-2-1-3-5-12/h1-8,16H. The highest BCUT2D eigenvalue weighted by atomic mass is 14.9. The van der Waals surface area contributed by atoms with Crippen molar-refractivity contribution < 1.29 is 0 Å². The lowest BCUT2D eigenvalue weighted by molar-refractivity contribution is 1.47. The molecule has 0 aliphatic rings. The maximum Gasteiger partial charge on any atom is 0.113 e. The molecule has 0 heterocycles. The fourth-order valence-electron chi connectivity index (χ4n) is 1.44. The molecule has 2 nitrogen and oxygen atoms in total. The molecule has 0 fully saturated rings. The SMILES string of the molecule is [B]c1ccc(C#N)c(Nc2ccccc2)c1. The van der Waals surface area contributed by atoms with Crippen molar-refractivity contribution in [2.75, 3.05) is 5.32 Å². The molecular formula is C13H9BN2. The van der Waals surface area contributed by atoms with E-state index in [1.54, 1.807) is 18.2 Å². The number of nitrogens with zero attached hydrogens (tertiary/aromatic N) is 1. The molecule has 2 aromatic carbocycles. The van der Waals surface area contributed by atoms with Gasteiger partial charge in [0.25, 0.3) is 0 Å². The zero-order valence-electron chi connectivity index (χ0n) is 8.64. The quantitative estimate of drug-likeness (QED) is 0.760. The van der Waals surface area contributed by atoms with Gasteiger partial charge < -0.3 is 5.32 Å². The van der Waals surface area contributed by atoms with Gasteiger partial charge in [0.05, 0.1) is 11.3 Å². The van der Waals surface area contributed by atoms with E-state index in [0.717, 1.165) is 11.4 Å². The average molecular weight is 204 g/mol. The second kappa shape index (κ2) is 4.54. The van der Waals surface area contributed by atoms with Gasteiger partial charge in [0.1, 0.15) is 13.9 Å². The molecule has 0 aliphatic carbocycles. The molecule has 2 aromatic rings. The Morgan fingerprint density at radius 2 is 1.81 bits per heavy atom. The van der Waals surface area contributed by atoms with E-state index in [0.29, 0.717) is 11.0 Å². The molecule has 2 rings (SSSR count). The Labute approximate surface area is 95.9 Å². The van der Waals surface area contributed by atoms with Crippen LogP contribution in [-0.4, -0.2) is 7.85 Å². The van der Waals surface area contributed by atoms with Crippen molar-refractivity contribution in [1.29, 1.82) is 5.26 Å². The molecule has 16 heavy (non-hydrogen) atoms. The second-order valence-corrected chi connectivity index (χ2v) is 3.41. The number of para-hydroxylation sites is 1. The summed E-state index contributed by atoms with van der Waals surface area (Å²) < 4.78 is 0. The summed E-state index contributed by atoms with van der Waals surface area (Å²) in [5.41, 5.74) is 2.88. The Kier molecular flexibility index (Phi) is 2.93. The smallest absolute Gasteiger partial charge is 0.113 e. The summed E-state index contributed by atoms with van der Waals surface area (Å²) in [6, 6.07) is 17.0. The summed E-state index contributed by atoms with van der Waals surface area (Å²) in [5.74, 6) is 0. The van der Waals surface area contributed by atoms with Crippen molar-refractivity contribution in [1.82, 2.24) is 0 Å². The molecule has 0 amide bonds. The van der Waals surface area contributed by atoms with Crippen LogP contribution in [0.2, 0.25) is 0 Å². The summed E-state index contributed by atoms with van der Waals surface area (Å²) >= 11 is 0. The average Bonchev–Trinajstić information content (AvgIpc) is 2.31. The Hall–Kier alpha value is -2.21. The Morgan fingerprint density at radius 1 is 1.06 bits per heavy atom. The van der Waals surface area contributed by atoms with E-state index in [-0.39, 0.29) is 0 Å². The van der Waals surface area contributed by atoms with E-state index in [1.807, 2.05) is 30.3 Å². The predicted molar refractivity (Wildman–Crippen MR) is 66.3 cm³/mol. The normalized spacial score (nSPS) is 9.44. The molecule has 0 aliphatic heterocycles. The first kappa shape index (κ1) is 10.3. The van der Waals surface area contributed by atoms with Crippen LogP contribution < -0.4 is 10.8 Å². The summed E-state index contributed by atoms with van der Waals surface area (Å²) in [7, 11) is 5.69. The van der Waals surface area contributed by atoms with Gasteiger partial charge in [0.2, 0.25) is 0 Å². The van der Waals surface area contributed by atoms with Crippen LogP contribution in [0.25, 0.3) is 0 Å². The van der Waals surface area contributed by atoms with E-state index >= 15 is 0 Å². The third-order valence-corrected chi connectivity index (χ3v) is 2.22. The van der Waals surface area contributed by atoms with E-state index in [4.69, 9.17) is 13.1 Å².